The summed E-state index contributed by atoms with van der Waals surface area (Å²) in [6.07, 6.45) is 0.0418. The van der Waals surface area contributed by atoms with Gasteiger partial charge in [-0.1, -0.05) is 6.58 Å². The number of esters is 3. The standard InChI is InChI=1S/C12H10O5/c1-5-7(3)16-11(14)8(5)4-9-6(2)10(13)17-12(9)15/h3-4H2,1-2H3. The molecule has 88 valence electrons. The Morgan fingerprint density at radius 3 is 1.82 bits per heavy atom. The summed E-state index contributed by atoms with van der Waals surface area (Å²) in [5.74, 6) is -1.60. The number of hydrogen-bond donors (Lipinski definition) is 0. The first-order valence-electron chi connectivity index (χ1n) is 4.99. The van der Waals surface area contributed by atoms with Crippen LogP contribution in [-0.2, 0) is 23.9 Å². The van der Waals surface area contributed by atoms with E-state index >= 15 is 0 Å². The van der Waals surface area contributed by atoms with E-state index in [0.29, 0.717) is 11.1 Å². The molecular formula is C12H10O5. The fourth-order valence-electron chi connectivity index (χ4n) is 1.66. The Balaban J connectivity index is 2.35. The Morgan fingerprint density at radius 1 is 0.882 bits per heavy atom. The number of rotatable bonds is 2. The van der Waals surface area contributed by atoms with Crippen LogP contribution in [0.1, 0.15) is 20.3 Å². The van der Waals surface area contributed by atoms with E-state index in [4.69, 9.17) is 4.74 Å². The lowest BCUT2D eigenvalue weighted by atomic mass is 9.99. The molecule has 0 aromatic heterocycles. The van der Waals surface area contributed by atoms with E-state index in [9.17, 15) is 14.4 Å². The van der Waals surface area contributed by atoms with Crippen LogP contribution in [-0.4, -0.2) is 17.9 Å². The van der Waals surface area contributed by atoms with Gasteiger partial charge in [0.25, 0.3) is 0 Å². The van der Waals surface area contributed by atoms with Crippen molar-refractivity contribution >= 4 is 17.9 Å². The quantitative estimate of drug-likeness (QED) is 0.529. The number of cyclic esters (lactones) is 3. The van der Waals surface area contributed by atoms with Crippen LogP contribution in [0.15, 0.2) is 34.6 Å². The van der Waals surface area contributed by atoms with Gasteiger partial charge >= 0.3 is 17.9 Å². The summed E-state index contributed by atoms with van der Waals surface area (Å²) < 4.78 is 9.27. The Morgan fingerprint density at radius 2 is 1.41 bits per heavy atom. The molecule has 0 aromatic rings. The van der Waals surface area contributed by atoms with E-state index in [1.54, 1.807) is 6.92 Å². The van der Waals surface area contributed by atoms with Crippen LogP contribution in [0.2, 0.25) is 0 Å². The molecule has 0 bridgehead atoms. The van der Waals surface area contributed by atoms with Crippen LogP contribution in [0.25, 0.3) is 0 Å². The first-order chi connectivity index (χ1) is 7.91. The molecule has 2 aliphatic rings. The van der Waals surface area contributed by atoms with Crippen molar-refractivity contribution in [1.82, 2.24) is 0 Å². The smallest absolute Gasteiger partial charge is 0.342 e. The largest absolute Gasteiger partial charge is 0.423 e. The summed E-state index contributed by atoms with van der Waals surface area (Å²) in [6, 6.07) is 0. The van der Waals surface area contributed by atoms with Crippen molar-refractivity contribution in [3.8, 4) is 0 Å². The fraction of sp³-hybridized carbons (Fsp3) is 0.250. The van der Waals surface area contributed by atoms with Crippen LogP contribution < -0.4 is 0 Å². The highest BCUT2D eigenvalue weighted by Gasteiger charge is 2.34. The molecule has 2 heterocycles. The summed E-state index contributed by atoms with van der Waals surface area (Å²) in [5.41, 5.74) is 1.38. The zero-order chi connectivity index (χ0) is 12.7. The number of ether oxygens (including phenoxy) is 2. The molecule has 0 aromatic carbocycles. The predicted molar refractivity (Wildman–Crippen MR) is 56.3 cm³/mol. The summed E-state index contributed by atoms with van der Waals surface area (Å²) in [6.45, 7) is 6.74. The molecule has 0 saturated heterocycles. The van der Waals surface area contributed by atoms with Gasteiger partial charge in [0.05, 0.1) is 5.57 Å². The van der Waals surface area contributed by atoms with E-state index < -0.39 is 17.9 Å². The SMILES string of the molecule is C=C1OC(=O)C(CC2=C(C)C(=O)OC2=O)=C1C. The normalized spacial score (nSPS) is 20.4. The maximum atomic E-state index is 11.5. The minimum Gasteiger partial charge on any atom is -0.423 e. The van der Waals surface area contributed by atoms with E-state index in [2.05, 4.69) is 11.3 Å². The van der Waals surface area contributed by atoms with Crippen molar-refractivity contribution in [3.05, 3.63) is 34.6 Å². The van der Waals surface area contributed by atoms with Crippen molar-refractivity contribution in [3.63, 3.8) is 0 Å². The Kier molecular flexibility index (Phi) is 2.46. The van der Waals surface area contributed by atoms with Gasteiger partial charge in [-0.15, -0.1) is 0 Å². The minimum absolute atomic E-state index is 0.0418. The molecular weight excluding hydrogens is 224 g/mol. The molecule has 0 saturated carbocycles. The third-order valence-electron chi connectivity index (χ3n) is 2.88. The molecule has 0 unspecified atom stereocenters. The zero-order valence-electron chi connectivity index (χ0n) is 9.46. The number of carbonyl (C=O) groups is 3. The monoisotopic (exact) mass is 234 g/mol. The summed E-state index contributed by atoms with van der Waals surface area (Å²) in [7, 11) is 0. The van der Waals surface area contributed by atoms with Crippen molar-refractivity contribution in [2.45, 2.75) is 20.3 Å². The first kappa shape index (κ1) is 11.3. The lowest BCUT2D eigenvalue weighted by Gasteiger charge is -1.99. The second-order valence-electron chi connectivity index (χ2n) is 3.87. The molecule has 0 atom stereocenters. The highest BCUT2D eigenvalue weighted by molar-refractivity contribution is 6.13. The third kappa shape index (κ3) is 1.69. The molecule has 0 amide bonds. The highest BCUT2D eigenvalue weighted by Crippen LogP contribution is 2.31. The van der Waals surface area contributed by atoms with Crippen LogP contribution in [0.4, 0.5) is 0 Å². The number of allylic oxidation sites excluding steroid dienone is 1. The van der Waals surface area contributed by atoms with Crippen molar-refractivity contribution in [1.29, 1.82) is 0 Å². The van der Waals surface area contributed by atoms with Gasteiger partial charge in [0, 0.05) is 23.1 Å². The second-order valence-corrected chi connectivity index (χ2v) is 3.87. The third-order valence-corrected chi connectivity index (χ3v) is 2.88. The Hall–Kier alpha value is -2.17. The predicted octanol–water partition coefficient (Wildman–Crippen LogP) is 1.16. The summed E-state index contributed by atoms with van der Waals surface area (Å²) >= 11 is 0. The maximum Gasteiger partial charge on any atom is 0.342 e. The van der Waals surface area contributed by atoms with Crippen LogP contribution in [0.5, 0.6) is 0 Å². The minimum atomic E-state index is -0.696. The lowest BCUT2D eigenvalue weighted by Crippen LogP contribution is -2.06. The zero-order valence-corrected chi connectivity index (χ0v) is 9.46. The summed E-state index contributed by atoms with van der Waals surface area (Å²) in [4.78, 5) is 34.0. The van der Waals surface area contributed by atoms with E-state index in [-0.39, 0.29) is 23.3 Å². The molecule has 2 rings (SSSR count). The molecule has 0 radical (unpaired) electrons. The highest BCUT2D eigenvalue weighted by atomic mass is 16.6. The van der Waals surface area contributed by atoms with E-state index in [1.165, 1.54) is 6.92 Å². The van der Waals surface area contributed by atoms with E-state index in [1.807, 2.05) is 0 Å². The summed E-state index contributed by atoms with van der Waals surface area (Å²) in [5, 5.41) is 0. The molecule has 0 fully saturated rings. The first-order valence-corrected chi connectivity index (χ1v) is 4.99. The van der Waals surface area contributed by atoms with Crippen LogP contribution in [0.3, 0.4) is 0 Å². The van der Waals surface area contributed by atoms with Crippen molar-refractivity contribution in [2.75, 3.05) is 0 Å². The Labute approximate surface area is 97.4 Å². The van der Waals surface area contributed by atoms with Gasteiger partial charge in [-0.2, -0.15) is 0 Å². The van der Waals surface area contributed by atoms with Gasteiger partial charge in [0.2, 0.25) is 0 Å². The van der Waals surface area contributed by atoms with Gasteiger partial charge in [-0.05, 0) is 13.8 Å². The number of carbonyl (C=O) groups excluding carboxylic acids is 3. The lowest BCUT2D eigenvalue weighted by molar-refractivity contribution is -0.151. The fourth-order valence-corrected chi connectivity index (χ4v) is 1.66. The number of hydrogen-bond acceptors (Lipinski definition) is 5. The molecule has 0 aliphatic carbocycles. The molecule has 2 aliphatic heterocycles. The van der Waals surface area contributed by atoms with E-state index in [0.717, 1.165) is 0 Å². The second kappa shape index (κ2) is 3.69. The van der Waals surface area contributed by atoms with Crippen LogP contribution in [0, 0.1) is 0 Å². The molecule has 0 N–H and O–H groups in total. The molecule has 17 heavy (non-hydrogen) atoms. The van der Waals surface area contributed by atoms with Gasteiger partial charge in [-0.3, -0.25) is 0 Å². The Bertz CT molecular complexity index is 485. The van der Waals surface area contributed by atoms with Crippen LogP contribution >= 0.6 is 0 Å². The average Bonchev–Trinajstić information content (AvgIpc) is 2.62. The van der Waals surface area contributed by atoms with Gasteiger partial charge < -0.3 is 9.47 Å². The molecule has 5 nitrogen and oxygen atoms in total. The van der Waals surface area contributed by atoms with Gasteiger partial charge in [0.1, 0.15) is 5.76 Å². The topological polar surface area (TPSA) is 69.7 Å². The van der Waals surface area contributed by atoms with Gasteiger partial charge in [0.15, 0.2) is 0 Å². The maximum absolute atomic E-state index is 11.5. The van der Waals surface area contributed by atoms with Gasteiger partial charge in [-0.25, -0.2) is 14.4 Å². The molecule has 5 heteroatoms. The average molecular weight is 234 g/mol. The molecule has 0 spiro atoms. The van der Waals surface area contributed by atoms with Crippen molar-refractivity contribution in [2.24, 2.45) is 0 Å². The van der Waals surface area contributed by atoms with Crippen molar-refractivity contribution < 1.29 is 23.9 Å².